The van der Waals surface area contributed by atoms with Gasteiger partial charge in [-0.3, -0.25) is 44.5 Å². The largest absolute Gasteiger partial charge is 0.506 e. The molecule has 0 bridgehead atoms. The topological polar surface area (TPSA) is 262 Å². The molecule has 11 aromatic rings. The van der Waals surface area contributed by atoms with E-state index in [9.17, 15) is 19.2 Å². The third-order valence-electron chi connectivity index (χ3n) is 11.8. The van der Waals surface area contributed by atoms with E-state index in [1.165, 1.54) is 82.2 Å². The lowest BCUT2D eigenvalue weighted by atomic mass is 10.1. The molecule has 10 heterocycles. The van der Waals surface area contributed by atoms with Gasteiger partial charge in [0, 0.05) is 159 Å². The number of benzene rings is 2. The van der Waals surface area contributed by atoms with Crippen LogP contribution in [-0.2, 0) is 4.74 Å². The molecule has 12 rings (SSSR count). The highest BCUT2D eigenvalue weighted by molar-refractivity contribution is 6.08. The van der Waals surface area contributed by atoms with Crippen molar-refractivity contribution in [3.63, 3.8) is 0 Å². The van der Waals surface area contributed by atoms with Gasteiger partial charge in [-0.1, -0.05) is 60.7 Å². The molecule has 20 heteroatoms. The van der Waals surface area contributed by atoms with Crippen LogP contribution < -0.4 is 19.9 Å². The van der Waals surface area contributed by atoms with E-state index in [-0.39, 0.29) is 28.8 Å². The number of carbonyl (C=O) groups is 4. The van der Waals surface area contributed by atoms with Crippen molar-refractivity contribution in [1.82, 2.24) is 44.9 Å². The first-order valence-corrected chi connectivity index (χ1v) is 28.3. The minimum absolute atomic E-state index is 0.0352. The molecule has 3 N–H and O–H groups in total. The second-order valence-corrected chi connectivity index (χ2v) is 18.7. The van der Waals surface area contributed by atoms with Crippen molar-refractivity contribution >= 4 is 46.4 Å². The number of aromatic carboxylic acids is 1. The van der Waals surface area contributed by atoms with Crippen LogP contribution in [0.1, 0.15) is 72.5 Å². The molecule has 0 amide bonds. The zero-order valence-electron chi connectivity index (χ0n) is 51.6. The number of aryl methyl sites for hydroxylation is 1. The highest BCUT2D eigenvalue weighted by Gasteiger charge is 2.11. The van der Waals surface area contributed by atoms with Gasteiger partial charge in [-0.15, -0.1) is 0 Å². The average Bonchev–Trinajstić information content (AvgIpc) is 4.30. The molecule has 0 unspecified atom stereocenters. The molecule has 91 heavy (non-hydrogen) atoms. The molecular weight excluding hydrogens is 1150 g/mol. The summed E-state index contributed by atoms with van der Waals surface area (Å²) in [5, 5.41) is 20.2. The smallest absolute Gasteiger partial charge is 0.339 e. The van der Waals surface area contributed by atoms with Gasteiger partial charge in [0.05, 0.1) is 31.5 Å². The standard InChI is InChI=1S/C12H9NO.C11H10N2.C9H12N2.C7H10N2.C7H7NO2.C7H7NO.C6H5NO2.2C6H7NO/c14-12(10-4-2-1-3-5-10)11-6-8-13-9-7-11;1-2-6-10(7-3-1)13-11-8-4-5-9-12-11;1-2-8-11(7-1)9-3-5-10-6-4-9;1-9(2)7-3-5-8-6-4-7;1-10-7(9)6-3-2-4-8-5-6;1-6(9)7-2-4-8-5-3-7;8-6(9)5-2-1-3-7-4-5;1-5-2-3-6(8)4-7-5;1-8-6-4-2-3-5-7-6/h1-9H;1-9H,(H,12,13);3-6H,1-2,7-8H2;3-6H,1-2H3;2-5H,1H3;2-5H,1H3;1-4H,(H,8,9);2-4,8H,1H3;2-5H,1H3. The van der Waals surface area contributed by atoms with Gasteiger partial charge in [0.2, 0.25) is 5.88 Å². The predicted molar refractivity (Wildman–Crippen MR) is 355 cm³/mol. The van der Waals surface area contributed by atoms with E-state index in [4.69, 9.17) is 14.9 Å². The second kappa shape index (κ2) is 43.7. The van der Waals surface area contributed by atoms with Crippen LogP contribution in [0.2, 0.25) is 0 Å². The SMILES string of the molecule is CC(=O)c1ccncc1.CN(C)c1ccncc1.COC(=O)c1cccnc1.COc1ccccn1.Cc1ccc(O)cn1.O=C(O)c1cccnc1.O=C(c1ccccc1)c1ccncc1.c1cc(N2CCCC2)ccn1.c1ccc(Nc2ccccn2)cc1. The summed E-state index contributed by atoms with van der Waals surface area (Å²) in [7, 11) is 6.96. The number of ketones is 2. The summed E-state index contributed by atoms with van der Waals surface area (Å²) in [6.45, 7) is 5.84. The van der Waals surface area contributed by atoms with Gasteiger partial charge < -0.3 is 34.8 Å². The number of hydrogen-bond donors (Lipinski definition) is 3. The number of hydrogen-bond acceptors (Lipinski definition) is 19. The molecular formula is C71H74N12O8. The van der Waals surface area contributed by atoms with Crippen LogP contribution in [0.25, 0.3) is 0 Å². The number of pyridine rings is 9. The van der Waals surface area contributed by atoms with Gasteiger partial charge in [-0.2, -0.15) is 0 Å². The minimum Gasteiger partial charge on any atom is -0.506 e. The molecule has 466 valence electrons. The number of aromatic nitrogens is 9. The Bertz CT molecular complexity index is 3510. The summed E-state index contributed by atoms with van der Waals surface area (Å²) >= 11 is 0. The minimum atomic E-state index is -0.942. The molecule has 20 nitrogen and oxygen atoms in total. The Kier molecular flexibility index (Phi) is 34.3. The molecule has 0 aliphatic carbocycles. The van der Waals surface area contributed by atoms with Crippen molar-refractivity contribution in [2.45, 2.75) is 26.7 Å². The molecule has 0 radical (unpaired) electrons. The Labute approximate surface area is 531 Å². The number of methoxy groups -OCH3 is 2. The summed E-state index contributed by atoms with van der Waals surface area (Å²) in [4.78, 5) is 82.6. The summed E-state index contributed by atoms with van der Waals surface area (Å²) in [5.41, 5.74) is 7.27. The van der Waals surface area contributed by atoms with Gasteiger partial charge in [0.1, 0.15) is 11.6 Å². The van der Waals surface area contributed by atoms with E-state index < -0.39 is 5.97 Å². The summed E-state index contributed by atoms with van der Waals surface area (Å²) in [5.74, 6) is 0.568. The van der Waals surface area contributed by atoms with Crippen molar-refractivity contribution in [2.75, 3.05) is 56.5 Å². The first kappa shape index (κ1) is 71.6. The van der Waals surface area contributed by atoms with Crippen molar-refractivity contribution in [3.05, 3.63) is 308 Å². The Balaban J connectivity index is 0.000000220. The maximum Gasteiger partial charge on any atom is 0.339 e. The van der Waals surface area contributed by atoms with E-state index in [1.807, 2.05) is 141 Å². The first-order valence-electron chi connectivity index (χ1n) is 28.3. The van der Waals surface area contributed by atoms with Crippen LogP contribution in [0.3, 0.4) is 0 Å². The van der Waals surface area contributed by atoms with Gasteiger partial charge >= 0.3 is 11.9 Å². The fourth-order valence-electron chi connectivity index (χ4n) is 7.14. The number of esters is 1. The third kappa shape index (κ3) is 30.8. The number of Topliss-reactive ketones (excluding diaryl/α,β-unsaturated/α-hetero) is 1. The maximum atomic E-state index is 11.8. The number of ether oxygens (including phenoxy) is 2. The normalized spacial score (nSPS) is 10.2. The number of carboxylic acids is 1. The van der Waals surface area contributed by atoms with E-state index >= 15 is 0 Å². The number of para-hydroxylation sites is 1. The van der Waals surface area contributed by atoms with E-state index in [1.54, 1.807) is 124 Å². The fraction of sp³-hybridized carbons (Fsp3) is 0.141. The Morgan fingerprint density at radius 1 is 0.484 bits per heavy atom. The predicted octanol–water partition coefficient (Wildman–Crippen LogP) is 13.1. The molecule has 1 aliphatic rings. The number of rotatable bonds is 10. The quantitative estimate of drug-likeness (QED) is 0.0849. The summed E-state index contributed by atoms with van der Waals surface area (Å²) in [6, 6.07) is 55.3. The van der Waals surface area contributed by atoms with Crippen molar-refractivity contribution in [3.8, 4) is 11.6 Å². The van der Waals surface area contributed by atoms with Gasteiger partial charge in [-0.25, -0.2) is 19.6 Å². The molecule has 0 atom stereocenters. The van der Waals surface area contributed by atoms with Crippen molar-refractivity contribution in [1.29, 1.82) is 0 Å². The number of carboxylic acid groups (broad SMARTS) is 1. The zero-order valence-corrected chi connectivity index (χ0v) is 51.6. The highest BCUT2D eigenvalue weighted by Crippen LogP contribution is 2.18. The van der Waals surface area contributed by atoms with Crippen LogP contribution in [0, 0.1) is 6.92 Å². The lowest BCUT2D eigenvalue weighted by Gasteiger charge is -2.16. The monoisotopic (exact) mass is 1220 g/mol. The summed E-state index contributed by atoms with van der Waals surface area (Å²) in [6.07, 6.45) is 27.2. The summed E-state index contributed by atoms with van der Waals surface area (Å²) < 4.78 is 9.26. The van der Waals surface area contributed by atoms with Crippen molar-refractivity contribution < 1.29 is 38.9 Å². The lowest BCUT2D eigenvalue weighted by molar-refractivity contribution is 0.0599. The Hall–Kier alpha value is -11.9. The highest BCUT2D eigenvalue weighted by atomic mass is 16.5. The van der Waals surface area contributed by atoms with Crippen molar-refractivity contribution in [2.24, 2.45) is 0 Å². The Morgan fingerprint density at radius 3 is 1.38 bits per heavy atom. The number of anilines is 4. The van der Waals surface area contributed by atoms with Crippen LogP contribution in [0.5, 0.6) is 11.6 Å². The van der Waals surface area contributed by atoms with Crippen LogP contribution >= 0.6 is 0 Å². The molecule has 1 fully saturated rings. The van der Waals surface area contributed by atoms with E-state index in [0.717, 1.165) is 17.2 Å². The molecule has 1 aliphatic heterocycles. The van der Waals surface area contributed by atoms with E-state index in [0.29, 0.717) is 28.1 Å². The van der Waals surface area contributed by atoms with Crippen LogP contribution in [-0.4, -0.2) is 120 Å². The molecule has 2 aromatic carbocycles. The van der Waals surface area contributed by atoms with Crippen LogP contribution in [0.4, 0.5) is 22.9 Å². The second-order valence-electron chi connectivity index (χ2n) is 18.7. The third-order valence-corrected chi connectivity index (χ3v) is 11.8. The fourth-order valence-corrected chi connectivity index (χ4v) is 7.14. The number of aromatic hydroxyl groups is 1. The first-order chi connectivity index (χ1) is 44.3. The number of nitrogens with one attached hydrogen (secondary N) is 1. The Morgan fingerprint density at radius 2 is 0.978 bits per heavy atom. The number of carbonyl (C=O) groups excluding carboxylic acids is 3. The lowest BCUT2D eigenvalue weighted by Crippen LogP contribution is -2.17. The molecule has 0 spiro atoms. The van der Waals surface area contributed by atoms with Gasteiger partial charge in [0.15, 0.2) is 11.6 Å². The van der Waals surface area contributed by atoms with Gasteiger partial charge in [-0.05, 0) is 142 Å². The number of nitrogens with zero attached hydrogens (tertiary/aromatic N) is 11. The average molecular weight is 1220 g/mol. The molecule has 1 saturated heterocycles. The molecule has 9 aromatic heterocycles. The molecule has 0 saturated carbocycles. The zero-order chi connectivity index (χ0) is 65.5. The van der Waals surface area contributed by atoms with Crippen LogP contribution in [0.15, 0.2) is 275 Å². The van der Waals surface area contributed by atoms with E-state index in [2.05, 4.69) is 71.9 Å². The van der Waals surface area contributed by atoms with Gasteiger partial charge in [0.25, 0.3) is 0 Å². The maximum absolute atomic E-state index is 11.8.